The van der Waals surface area contributed by atoms with Crippen molar-refractivity contribution in [3.05, 3.63) is 47.5 Å². The highest BCUT2D eigenvalue weighted by atomic mass is 16.2. The fraction of sp³-hybridized carbons (Fsp3) is 0.444. The van der Waals surface area contributed by atoms with Crippen molar-refractivity contribution in [2.45, 2.75) is 25.3 Å². The molecular formula is C18H23N5O. The number of likely N-dealkylation sites (tertiary alicyclic amines) is 1. The highest BCUT2D eigenvalue weighted by Crippen LogP contribution is 2.40. The number of hydrogen-bond donors (Lipinski definition) is 2. The minimum atomic E-state index is -0.155. The Morgan fingerprint density at radius 2 is 2.08 bits per heavy atom. The van der Waals surface area contributed by atoms with E-state index in [-0.39, 0.29) is 11.6 Å². The number of aromatic amines is 1. The second kappa shape index (κ2) is 5.63. The monoisotopic (exact) mass is 325 g/mol. The molecule has 0 radical (unpaired) electrons. The predicted molar refractivity (Wildman–Crippen MR) is 93.0 cm³/mol. The molecule has 1 saturated heterocycles. The molecule has 24 heavy (non-hydrogen) atoms. The van der Waals surface area contributed by atoms with Crippen LogP contribution in [0.2, 0.25) is 0 Å². The topological polar surface area (TPSA) is 64.3 Å². The predicted octanol–water partition coefficient (Wildman–Crippen LogP) is 2.34. The number of amides is 2. The van der Waals surface area contributed by atoms with Crippen LogP contribution in [-0.2, 0) is 12.0 Å². The molecule has 1 atom stereocenters. The number of aromatic nitrogens is 2. The Balaban J connectivity index is 1.52. The number of likely N-dealkylation sites (N-methyl/N-ethyl adjacent to an activating group) is 1. The quantitative estimate of drug-likeness (QED) is 0.846. The van der Waals surface area contributed by atoms with E-state index in [2.05, 4.69) is 27.2 Å². The molecule has 3 heterocycles. The normalized spacial score (nSPS) is 23.5. The van der Waals surface area contributed by atoms with Crippen LogP contribution in [0.3, 0.4) is 0 Å². The van der Waals surface area contributed by atoms with Gasteiger partial charge in [-0.3, -0.25) is 4.90 Å². The number of aryl methyl sites for hydroxylation is 1. The molecule has 0 aliphatic carbocycles. The number of hydrogen-bond acceptors (Lipinski definition) is 3. The van der Waals surface area contributed by atoms with Crippen LogP contribution < -0.4 is 5.32 Å². The highest BCUT2D eigenvalue weighted by Gasteiger charge is 2.48. The standard InChI is InChI=1S/C18H23N5O/c1-13-3-5-14(6-4-13)21-17(24)23-10-8-18(11-23)16-15(19-12-20-16)7-9-22(18)2/h3-6,12H,7-11H2,1-2H3,(H,19,20)(H,21,24). The van der Waals surface area contributed by atoms with Gasteiger partial charge in [0, 0.05) is 37.4 Å². The van der Waals surface area contributed by atoms with Gasteiger partial charge >= 0.3 is 6.03 Å². The average molecular weight is 325 g/mol. The number of fused-ring (bicyclic) bond motifs is 2. The third kappa shape index (κ3) is 2.38. The number of anilines is 1. The molecule has 2 aliphatic rings. The zero-order chi connectivity index (χ0) is 16.7. The van der Waals surface area contributed by atoms with Crippen molar-refractivity contribution in [1.82, 2.24) is 19.8 Å². The zero-order valence-electron chi connectivity index (χ0n) is 14.2. The molecule has 1 aromatic heterocycles. The van der Waals surface area contributed by atoms with Crippen LogP contribution in [0.15, 0.2) is 30.6 Å². The number of nitrogens with one attached hydrogen (secondary N) is 2. The number of carbonyl (C=O) groups excluding carboxylic acids is 1. The third-order valence-electron chi connectivity index (χ3n) is 5.42. The van der Waals surface area contributed by atoms with E-state index in [0.29, 0.717) is 6.54 Å². The number of carbonyl (C=O) groups is 1. The van der Waals surface area contributed by atoms with Crippen molar-refractivity contribution in [2.24, 2.45) is 0 Å². The van der Waals surface area contributed by atoms with Crippen LogP contribution >= 0.6 is 0 Å². The maximum absolute atomic E-state index is 12.7. The van der Waals surface area contributed by atoms with Gasteiger partial charge in [0.25, 0.3) is 0 Å². The minimum Gasteiger partial charge on any atom is -0.348 e. The molecule has 0 bridgehead atoms. The molecule has 1 aromatic carbocycles. The van der Waals surface area contributed by atoms with Gasteiger partial charge in [-0.05, 0) is 32.5 Å². The fourth-order valence-corrected chi connectivity index (χ4v) is 3.90. The molecule has 126 valence electrons. The molecule has 4 rings (SSSR count). The summed E-state index contributed by atoms with van der Waals surface area (Å²) in [7, 11) is 2.14. The summed E-state index contributed by atoms with van der Waals surface area (Å²) in [5.41, 5.74) is 4.20. The van der Waals surface area contributed by atoms with E-state index in [4.69, 9.17) is 0 Å². The number of rotatable bonds is 1. The second-order valence-corrected chi connectivity index (χ2v) is 6.90. The van der Waals surface area contributed by atoms with Crippen molar-refractivity contribution in [1.29, 1.82) is 0 Å². The summed E-state index contributed by atoms with van der Waals surface area (Å²) in [6.07, 6.45) is 3.69. The molecule has 1 spiro atoms. The summed E-state index contributed by atoms with van der Waals surface area (Å²) in [6, 6.07) is 7.86. The lowest BCUT2D eigenvalue weighted by Gasteiger charge is -2.41. The summed E-state index contributed by atoms with van der Waals surface area (Å²) < 4.78 is 0. The van der Waals surface area contributed by atoms with Gasteiger partial charge in [0.05, 0.1) is 17.6 Å². The Labute approximate surface area is 141 Å². The van der Waals surface area contributed by atoms with Crippen LogP contribution in [0.1, 0.15) is 23.4 Å². The number of H-pyrrole nitrogens is 1. The van der Waals surface area contributed by atoms with Gasteiger partial charge in [0.15, 0.2) is 0 Å². The van der Waals surface area contributed by atoms with Gasteiger partial charge in [-0.15, -0.1) is 0 Å². The van der Waals surface area contributed by atoms with E-state index in [1.165, 1.54) is 11.3 Å². The molecule has 2 N–H and O–H groups in total. The summed E-state index contributed by atoms with van der Waals surface area (Å²) >= 11 is 0. The van der Waals surface area contributed by atoms with Gasteiger partial charge in [-0.2, -0.15) is 0 Å². The van der Waals surface area contributed by atoms with E-state index in [1.807, 2.05) is 36.1 Å². The number of imidazole rings is 1. The first-order valence-corrected chi connectivity index (χ1v) is 8.45. The molecule has 2 aliphatic heterocycles. The first kappa shape index (κ1) is 15.2. The number of urea groups is 1. The molecule has 1 fully saturated rings. The SMILES string of the molecule is Cc1ccc(NC(=O)N2CCC3(C2)c2nc[nH]c2CCN3C)cc1. The fourth-order valence-electron chi connectivity index (χ4n) is 3.90. The Hall–Kier alpha value is -2.34. The lowest BCUT2D eigenvalue weighted by atomic mass is 9.87. The zero-order valence-corrected chi connectivity index (χ0v) is 14.2. The van der Waals surface area contributed by atoms with Crippen LogP contribution in [0.4, 0.5) is 10.5 Å². The van der Waals surface area contributed by atoms with Crippen LogP contribution in [-0.4, -0.2) is 52.5 Å². The molecule has 1 unspecified atom stereocenters. The molecule has 6 nitrogen and oxygen atoms in total. The van der Waals surface area contributed by atoms with E-state index in [0.717, 1.165) is 37.3 Å². The summed E-state index contributed by atoms with van der Waals surface area (Å²) in [5.74, 6) is 0. The second-order valence-electron chi connectivity index (χ2n) is 6.90. The van der Waals surface area contributed by atoms with Crippen molar-refractivity contribution >= 4 is 11.7 Å². The lowest BCUT2D eigenvalue weighted by molar-refractivity contribution is 0.109. The van der Waals surface area contributed by atoms with Crippen LogP contribution in [0.5, 0.6) is 0 Å². The van der Waals surface area contributed by atoms with Gasteiger partial charge in [-0.1, -0.05) is 17.7 Å². The van der Waals surface area contributed by atoms with Crippen LogP contribution in [0.25, 0.3) is 0 Å². The molecular weight excluding hydrogens is 302 g/mol. The van der Waals surface area contributed by atoms with Crippen molar-refractivity contribution < 1.29 is 4.79 Å². The van der Waals surface area contributed by atoms with E-state index in [1.54, 1.807) is 6.33 Å². The van der Waals surface area contributed by atoms with Gasteiger partial charge < -0.3 is 15.2 Å². The number of nitrogens with zero attached hydrogens (tertiary/aromatic N) is 3. The maximum Gasteiger partial charge on any atom is 0.321 e. The molecule has 2 aromatic rings. The Kier molecular flexibility index (Phi) is 3.57. The molecule has 2 amide bonds. The Bertz CT molecular complexity index is 753. The number of benzene rings is 1. The Morgan fingerprint density at radius 3 is 2.88 bits per heavy atom. The molecule has 0 saturated carbocycles. The van der Waals surface area contributed by atoms with Gasteiger partial charge in [0.1, 0.15) is 0 Å². The molecule has 6 heteroatoms. The highest BCUT2D eigenvalue weighted by molar-refractivity contribution is 5.89. The van der Waals surface area contributed by atoms with E-state index < -0.39 is 0 Å². The Morgan fingerprint density at radius 1 is 1.29 bits per heavy atom. The lowest BCUT2D eigenvalue weighted by Crippen LogP contribution is -2.51. The van der Waals surface area contributed by atoms with Gasteiger partial charge in [-0.25, -0.2) is 9.78 Å². The summed E-state index contributed by atoms with van der Waals surface area (Å²) in [5, 5.41) is 3.01. The van der Waals surface area contributed by atoms with Crippen molar-refractivity contribution in [3.8, 4) is 0 Å². The first-order valence-electron chi connectivity index (χ1n) is 8.45. The van der Waals surface area contributed by atoms with Crippen LogP contribution in [0, 0.1) is 6.92 Å². The average Bonchev–Trinajstić information content (AvgIpc) is 3.21. The maximum atomic E-state index is 12.7. The first-order chi connectivity index (χ1) is 11.6. The summed E-state index contributed by atoms with van der Waals surface area (Å²) in [4.78, 5) is 24.7. The largest absolute Gasteiger partial charge is 0.348 e. The minimum absolute atomic E-state index is 0.0354. The van der Waals surface area contributed by atoms with Crippen molar-refractivity contribution in [2.75, 3.05) is 32.0 Å². The smallest absolute Gasteiger partial charge is 0.321 e. The van der Waals surface area contributed by atoms with Gasteiger partial charge in [0.2, 0.25) is 0 Å². The third-order valence-corrected chi connectivity index (χ3v) is 5.42. The van der Waals surface area contributed by atoms with E-state index >= 15 is 0 Å². The summed E-state index contributed by atoms with van der Waals surface area (Å²) in [6.45, 7) is 4.45. The van der Waals surface area contributed by atoms with Crippen molar-refractivity contribution in [3.63, 3.8) is 0 Å². The van der Waals surface area contributed by atoms with E-state index in [9.17, 15) is 4.79 Å².